The molecule has 0 N–H and O–H groups in total. The topological polar surface area (TPSA) is 52.6 Å². The van der Waals surface area contributed by atoms with E-state index in [9.17, 15) is 22.8 Å². The van der Waals surface area contributed by atoms with Crippen LogP contribution in [-0.4, -0.2) is 29.8 Å². The molecule has 1 unspecified atom stereocenters. The molecule has 4 atom stereocenters. The summed E-state index contributed by atoms with van der Waals surface area (Å²) in [6, 6.07) is 0. The number of carbonyl (C=O) groups is 2. The van der Waals surface area contributed by atoms with Gasteiger partial charge in [-0.3, -0.25) is 4.79 Å². The molecule has 3 fully saturated rings. The summed E-state index contributed by atoms with van der Waals surface area (Å²) in [6.07, 6.45) is -0.0970. The van der Waals surface area contributed by atoms with Gasteiger partial charge in [0.25, 0.3) is 0 Å². The lowest BCUT2D eigenvalue weighted by Gasteiger charge is -2.47. The van der Waals surface area contributed by atoms with E-state index in [1.54, 1.807) is 6.92 Å². The lowest BCUT2D eigenvalue weighted by molar-refractivity contribution is -0.208. The number of allylic oxidation sites excluding steroid dienone is 1. The van der Waals surface area contributed by atoms with Gasteiger partial charge in [0.15, 0.2) is 0 Å². The molecule has 2 bridgehead atoms. The first kappa shape index (κ1) is 16.0. The molecule has 0 radical (unpaired) electrons. The lowest BCUT2D eigenvalue weighted by atomic mass is 9.59. The van der Waals surface area contributed by atoms with Crippen molar-refractivity contribution in [2.45, 2.75) is 63.3 Å². The highest BCUT2D eigenvalue weighted by Crippen LogP contribution is 2.70. The molecule has 24 heavy (non-hydrogen) atoms. The molecule has 4 nitrogen and oxygen atoms in total. The largest absolute Gasteiger partial charge is 0.490 e. The maximum Gasteiger partial charge on any atom is 0.490 e. The van der Waals surface area contributed by atoms with Crippen LogP contribution >= 0.6 is 0 Å². The van der Waals surface area contributed by atoms with Gasteiger partial charge in [-0.15, -0.1) is 0 Å². The summed E-state index contributed by atoms with van der Waals surface area (Å²) in [4.78, 5) is 23.7. The van der Waals surface area contributed by atoms with Crippen molar-refractivity contribution in [3.8, 4) is 0 Å². The number of halogens is 3. The summed E-state index contributed by atoms with van der Waals surface area (Å²) in [7, 11) is 0. The first-order valence-electron chi connectivity index (χ1n) is 8.39. The van der Waals surface area contributed by atoms with Crippen molar-refractivity contribution in [2.24, 2.45) is 17.3 Å². The summed E-state index contributed by atoms with van der Waals surface area (Å²) in [5.41, 5.74) is -0.407. The third kappa shape index (κ3) is 2.12. The van der Waals surface area contributed by atoms with E-state index in [0.29, 0.717) is 6.42 Å². The number of carbonyl (C=O) groups excluding carboxylic acids is 2. The number of alkyl halides is 3. The Bertz CT molecular complexity index is 634. The summed E-state index contributed by atoms with van der Waals surface area (Å²) in [5, 5.41) is 0. The van der Waals surface area contributed by atoms with E-state index < -0.39 is 23.9 Å². The van der Waals surface area contributed by atoms with Crippen LogP contribution in [0.15, 0.2) is 11.6 Å². The number of hydrogen-bond donors (Lipinski definition) is 0. The van der Waals surface area contributed by atoms with Crippen molar-refractivity contribution in [3.63, 3.8) is 0 Å². The van der Waals surface area contributed by atoms with Crippen molar-refractivity contribution < 1.29 is 32.2 Å². The Balaban J connectivity index is 1.74. The molecule has 0 amide bonds. The second-order valence-corrected chi connectivity index (χ2v) is 7.66. The molecule has 1 aliphatic heterocycles. The van der Waals surface area contributed by atoms with Crippen molar-refractivity contribution >= 4 is 11.9 Å². The van der Waals surface area contributed by atoms with E-state index in [1.807, 2.05) is 6.08 Å². The zero-order valence-corrected chi connectivity index (χ0v) is 13.3. The highest BCUT2D eigenvalue weighted by Gasteiger charge is 2.71. The molecule has 4 rings (SSSR count). The fourth-order valence-electron chi connectivity index (χ4n) is 5.30. The third-order valence-electron chi connectivity index (χ3n) is 6.16. The Morgan fingerprint density at radius 3 is 2.71 bits per heavy atom. The monoisotopic (exact) mass is 344 g/mol. The van der Waals surface area contributed by atoms with Gasteiger partial charge in [-0.1, -0.05) is 6.08 Å². The number of esters is 2. The predicted octanol–water partition coefficient (Wildman–Crippen LogP) is 3.30. The fourth-order valence-corrected chi connectivity index (χ4v) is 5.30. The predicted molar refractivity (Wildman–Crippen MR) is 75.6 cm³/mol. The maximum atomic E-state index is 12.6. The second kappa shape index (κ2) is 4.76. The summed E-state index contributed by atoms with van der Waals surface area (Å²) < 4.78 is 48.4. The van der Waals surface area contributed by atoms with Crippen molar-refractivity contribution in [3.05, 3.63) is 11.6 Å². The van der Waals surface area contributed by atoms with Gasteiger partial charge >= 0.3 is 18.1 Å². The van der Waals surface area contributed by atoms with Crippen LogP contribution in [-0.2, 0) is 19.1 Å². The Labute approximate surface area is 137 Å². The zero-order valence-electron chi connectivity index (χ0n) is 13.3. The molecule has 132 valence electrons. The fraction of sp³-hybridized carbons (Fsp3) is 0.765. The van der Waals surface area contributed by atoms with E-state index in [-0.39, 0.29) is 29.6 Å². The molecular formula is C17H19F3O4. The van der Waals surface area contributed by atoms with Gasteiger partial charge < -0.3 is 9.47 Å². The normalized spacial score (nSPS) is 41.8. The first-order valence-corrected chi connectivity index (χ1v) is 8.39. The minimum atomic E-state index is -5.02. The van der Waals surface area contributed by atoms with Gasteiger partial charge in [-0.05, 0) is 44.6 Å². The van der Waals surface area contributed by atoms with Gasteiger partial charge in [0.1, 0.15) is 11.7 Å². The van der Waals surface area contributed by atoms with Crippen LogP contribution in [0.1, 0.15) is 45.4 Å². The highest BCUT2D eigenvalue weighted by atomic mass is 19.4. The van der Waals surface area contributed by atoms with Crippen molar-refractivity contribution in [1.82, 2.24) is 0 Å². The number of hydrogen-bond acceptors (Lipinski definition) is 4. The molecule has 0 aromatic carbocycles. The number of rotatable bonds is 1. The van der Waals surface area contributed by atoms with Crippen LogP contribution in [0, 0.1) is 17.3 Å². The molecule has 3 aliphatic carbocycles. The van der Waals surface area contributed by atoms with Crippen LogP contribution in [0.2, 0.25) is 0 Å². The molecule has 0 aromatic heterocycles. The summed E-state index contributed by atoms with van der Waals surface area (Å²) >= 11 is 0. The van der Waals surface area contributed by atoms with Crippen molar-refractivity contribution in [1.29, 1.82) is 0 Å². The minimum Gasteiger partial charge on any atom is -0.459 e. The molecule has 1 spiro atoms. The smallest absolute Gasteiger partial charge is 0.459 e. The van der Waals surface area contributed by atoms with E-state index in [2.05, 4.69) is 0 Å². The van der Waals surface area contributed by atoms with Gasteiger partial charge in [0.2, 0.25) is 0 Å². The minimum absolute atomic E-state index is 0.0233. The SMILES string of the molecule is C[C@@]12C[C@H](OC(=O)C(F)(F)F)/C3=C/CCC[C@@H](C(=O)O1)C2C31CC1. The molecular weight excluding hydrogens is 325 g/mol. The molecule has 1 heterocycles. The lowest BCUT2D eigenvalue weighted by Crippen LogP contribution is -2.51. The first-order chi connectivity index (χ1) is 11.2. The summed E-state index contributed by atoms with van der Waals surface area (Å²) in [6.45, 7) is 1.78. The second-order valence-electron chi connectivity index (χ2n) is 7.66. The molecule has 7 heteroatoms. The zero-order chi connectivity index (χ0) is 17.3. The van der Waals surface area contributed by atoms with Crippen LogP contribution in [0.4, 0.5) is 13.2 Å². The third-order valence-corrected chi connectivity index (χ3v) is 6.16. The van der Waals surface area contributed by atoms with Crippen LogP contribution in [0.5, 0.6) is 0 Å². The molecule has 4 aliphatic rings. The quantitative estimate of drug-likeness (QED) is 0.541. The van der Waals surface area contributed by atoms with Gasteiger partial charge in [-0.25, -0.2) is 4.79 Å². The van der Waals surface area contributed by atoms with Crippen LogP contribution < -0.4 is 0 Å². The van der Waals surface area contributed by atoms with Gasteiger partial charge in [0, 0.05) is 17.8 Å². The van der Waals surface area contributed by atoms with Crippen LogP contribution in [0.3, 0.4) is 0 Å². The average Bonchev–Trinajstić information content (AvgIpc) is 3.17. The number of ether oxygens (including phenoxy) is 2. The van der Waals surface area contributed by atoms with Gasteiger partial charge in [-0.2, -0.15) is 13.2 Å². The standard InChI is InChI=1S/C17H19F3O4/c1-15-8-11(23-14(22)17(18,19)20)10-5-3-2-4-9(13(21)24-15)12(15)16(10)6-7-16/h5,9,11-12H,2-4,6-8H2,1H3/b10-5-/t9-,11+,12?,15+/m1/s1. The summed E-state index contributed by atoms with van der Waals surface area (Å²) in [5.74, 6) is -2.64. The van der Waals surface area contributed by atoms with Crippen LogP contribution in [0.25, 0.3) is 0 Å². The van der Waals surface area contributed by atoms with Crippen molar-refractivity contribution in [2.75, 3.05) is 0 Å². The molecule has 0 aromatic rings. The Kier molecular flexibility index (Phi) is 3.17. The molecule has 1 saturated heterocycles. The Morgan fingerprint density at radius 2 is 2.08 bits per heavy atom. The van der Waals surface area contributed by atoms with Gasteiger partial charge in [0.05, 0.1) is 5.92 Å². The van der Waals surface area contributed by atoms with E-state index in [0.717, 1.165) is 31.3 Å². The highest BCUT2D eigenvalue weighted by molar-refractivity contribution is 5.78. The van der Waals surface area contributed by atoms with E-state index in [4.69, 9.17) is 9.47 Å². The Morgan fingerprint density at radius 1 is 1.38 bits per heavy atom. The molecule has 2 saturated carbocycles. The van der Waals surface area contributed by atoms with E-state index >= 15 is 0 Å². The Hall–Kier alpha value is -1.53. The van der Waals surface area contributed by atoms with E-state index in [1.165, 1.54) is 0 Å². The average molecular weight is 344 g/mol. The maximum absolute atomic E-state index is 12.6.